The van der Waals surface area contributed by atoms with Crippen molar-refractivity contribution < 1.29 is 22.7 Å². The number of nitrogens with one attached hydrogen (secondary N) is 1. The molecule has 1 aliphatic rings. The molecule has 0 aromatic heterocycles. The second-order valence-corrected chi connectivity index (χ2v) is 10.2. The van der Waals surface area contributed by atoms with Crippen LogP contribution < -0.4 is 19.1 Å². The molecule has 10 heteroatoms. The van der Waals surface area contributed by atoms with Gasteiger partial charge in [-0.3, -0.25) is 9.10 Å². The fraction of sp³-hybridized carbons (Fsp3) is 0.174. The van der Waals surface area contributed by atoms with E-state index in [4.69, 9.17) is 32.7 Å². The third-order valence-corrected chi connectivity index (χ3v) is 7.18. The molecular formula is C23H20Cl2N2O5S. The number of carbonyl (C=O) groups excluding carboxylic acids is 1. The zero-order chi connectivity index (χ0) is 23.6. The molecule has 4 rings (SSSR count). The van der Waals surface area contributed by atoms with Gasteiger partial charge in [0.25, 0.3) is 10.0 Å². The van der Waals surface area contributed by atoms with Gasteiger partial charge in [0, 0.05) is 16.6 Å². The molecule has 172 valence electrons. The number of amides is 1. The number of aryl methyl sites for hydroxylation is 1. The van der Waals surface area contributed by atoms with Gasteiger partial charge in [0.1, 0.15) is 6.54 Å². The Kier molecular flexibility index (Phi) is 6.69. The number of ether oxygens (including phenoxy) is 2. The van der Waals surface area contributed by atoms with Crippen LogP contribution >= 0.6 is 23.2 Å². The number of halogens is 2. The summed E-state index contributed by atoms with van der Waals surface area (Å²) < 4.78 is 38.5. The van der Waals surface area contributed by atoms with Crippen molar-refractivity contribution in [3.8, 4) is 11.5 Å². The van der Waals surface area contributed by atoms with Crippen molar-refractivity contribution in [3.63, 3.8) is 0 Å². The van der Waals surface area contributed by atoms with Crippen LogP contribution in [0.15, 0.2) is 65.6 Å². The minimum Gasteiger partial charge on any atom is -0.454 e. The highest BCUT2D eigenvalue weighted by Crippen LogP contribution is 2.32. The number of sulfonamides is 1. The number of hydrogen-bond donors (Lipinski definition) is 1. The van der Waals surface area contributed by atoms with Gasteiger partial charge in [-0.15, -0.1) is 0 Å². The lowest BCUT2D eigenvalue weighted by molar-refractivity contribution is -0.119. The molecule has 3 aromatic carbocycles. The molecule has 0 radical (unpaired) electrons. The van der Waals surface area contributed by atoms with Crippen molar-refractivity contribution in [2.24, 2.45) is 0 Å². The lowest BCUT2D eigenvalue weighted by Gasteiger charge is -2.24. The number of hydrogen-bond acceptors (Lipinski definition) is 5. The molecule has 0 aliphatic carbocycles. The smallest absolute Gasteiger partial charge is 0.264 e. The van der Waals surface area contributed by atoms with E-state index in [-0.39, 0.29) is 34.0 Å². The Bertz CT molecular complexity index is 1280. The van der Waals surface area contributed by atoms with E-state index in [1.54, 1.807) is 30.3 Å². The number of nitrogens with zero attached hydrogens (tertiary/aromatic N) is 1. The van der Waals surface area contributed by atoms with Gasteiger partial charge in [-0.05, 0) is 55.0 Å². The van der Waals surface area contributed by atoms with Gasteiger partial charge in [-0.2, -0.15) is 0 Å². The van der Waals surface area contributed by atoms with Gasteiger partial charge in [0.15, 0.2) is 11.5 Å². The van der Waals surface area contributed by atoms with E-state index in [1.165, 1.54) is 30.3 Å². The molecule has 1 amide bonds. The van der Waals surface area contributed by atoms with E-state index in [0.717, 1.165) is 15.4 Å². The van der Waals surface area contributed by atoms with Gasteiger partial charge in [0.05, 0.1) is 10.6 Å². The Morgan fingerprint density at radius 3 is 2.33 bits per heavy atom. The lowest BCUT2D eigenvalue weighted by atomic mass is 10.2. The summed E-state index contributed by atoms with van der Waals surface area (Å²) in [6, 6.07) is 16.1. The SMILES string of the molecule is Cc1ccc(S(=O)(=O)N(CC(=O)NCc2ccc3c(c2)OCO3)c2cc(Cl)cc(Cl)c2)cc1. The largest absolute Gasteiger partial charge is 0.454 e. The normalized spacial score (nSPS) is 12.5. The number of anilines is 1. The monoisotopic (exact) mass is 506 g/mol. The highest BCUT2D eigenvalue weighted by atomic mass is 35.5. The summed E-state index contributed by atoms with van der Waals surface area (Å²) in [5.41, 5.74) is 1.88. The van der Waals surface area contributed by atoms with Crippen LogP contribution in [0.5, 0.6) is 11.5 Å². The summed E-state index contributed by atoms with van der Waals surface area (Å²) in [5.74, 6) is 0.733. The predicted octanol–water partition coefficient (Wildman–Crippen LogP) is 4.54. The quantitative estimate of drug-likeness (QED) is 0.508. The van der Waals surface area contributed by atoms with Crippen molar-refractivity contribution in [1.29, 1.82) is 0 Å². The van der Waals surface area contributed by atoms with Crippen LogP contribution in [0, 0.1) is 6.92 Å². The van der Waals surface area contributed by atoms with E-state index in [9.17, 15) is 13.2 Å². The Balaban J connectivity index is 1.57. The molecule has 0 spiro atoms. The van der Waals surface area contributed by atoms with Gasteiger partial charge in [-0.1, -0.05) is 47.0 Å². The van der Waals surface area contributed by atoms with Crippen molar-refractivity contribution in [1.82, 2.24) is 5.32 Å². The molecule has 0 bridgehead atoms. The van der Waals surface area contributed by atoms with Gasteiger partial charge in [-0.25, -0.2) is 8.42 Å². The van der Waals surface area contributed by atoms with Crippen LogP contribution in [0.4, 0.5) is 5.69 Å². The van der Waals surface area contributed by atoms with Crippen LogP contribution in [-0.2, 0) is 21.4 Å². The average molecular weight is 507 g/mol. The first-order valence-corrected chi connectivity index (χ1v) is 12.1. The molecule has 0 saturated carbocycles. The summed E-state index contributed by atoms with van der Waals surface area (Å²) >= 11 is 12.2. The molecule has 7 nitrogen and oxygen atoms in total. The molecule has 3 aromatic rings. The first-order valence-electron chi connectivity index (χ1n) is 9.93. The summed E-state index contributed by atoms with van der Waals surface area (Å²) in [6.45, 7) is 1.73. The van der Waals surface area contributed by atoms with Crippen molar-refractivity contribution in [2.75, 3.05) is 17.6 Å². The molecule has 1 N–H and O–H groups in total. The number of benzene rings is 3. The van der Waals surface area contributed by atoms with Crippen LogP contribution in [-0.4, -0.2) is 27.7 Å². The lowest BCUT2D eigenvalue weighted by Crippen LogP contribution is -2.40. The van der Waals surface area contributed by atoms with Crippen LogP contribution in [0.3, 0.4) is 0 Å². The summed E-state index contributed by atoms with van der Waals surface area (Å²) in [7, 11) is -4.07. The zero-order valence-electron chi connectivity index (χ0n) is 17.5. The van der Waals surface area contributed by atoms with Gasteiger partial charge >= 0.3 is 0 Å². The first kappa shape index (κ1) is 23.2. The van der Waals surface area contributed by atoms with Gasteiger partial charge in [0.2, 0.25) is 12.7 Å². The number of fused-ring (bicyclic) bond motifs is 1. The Morgan fingerprint density at radius 1 is 0.970 bits per heavy atom. The molecule has 33 heavy (non-hydrogen) atoms. The van der Waals surface area contributed by atoms with Crippen molar-refractivity contribution >= 4 is 44.8 Å². The first-order chi connectivity index (χ1) is 15.7. The van der Waals surface area contributed by atoms with Crippen LogP contribution in [0.25, 0.3) is 0 Å². The molecule has 0 saturated heterocycles. The number of rotatable bonds is 7. The second kappa shape index (κ2) is 9.51. The van der Waals surface area contributed by atoms with E-state index < -0.39 is 22.5 Å². The maximum atomic E-state index is 13.4. The topological polar surface area (TPSA) is 84.9 Å². The number of carbonyl (C=O) groups is 1. The fourth-order valence-corrected chi connectivity index (χ4v) is 5.19. The maximum absolute atomic E-state index is 13.4. The molecule has 0 unspecified atom stereocenters. The summed E-state index contributed by atoms with van der Waals surface area (Å²) in [6.07, 6.45) is 0. The third kappa shape index (κ3) is 5.35. The molecular weight excluding hydrogens is 487 g/mol. The minimum absolute atomic E-state index is 0.0489. The summed E-state index contributed by atoms with van der Waals surface area (Å²) in [4.78, 5) is 12.8. The Hall–Kier alpha value is -2.94. The van der Waals surface area contributed by atoms with Crippen LogP contribution in [0.2, 0.25) is 10.0 Å². The van der Waals surface area contributed by atoms with Gasteiger partial charge < -0.3 is 14.8 Å². The molecule has 0 atom stereocenters. The van der Waals surface area contributed by atoms with Crippen LogP contribution in [0.1, 0.15) is 11.1 Å². The predicted molar refractivity (Wildman–Crippen MR) is 127 cm³/mol. The molecule has 1 aliphatic heterocycles. The summed E-state index contributed by atoms with van der Waals surface area (Å²) in [5, 5.41) is 3.25. The van der Waals surface area contributed by atoms with E-state index >= 15 is 0 Å². The van der Waals surface area contributed by atoms with Crippen molar-refractivity contribution in [3.05, 3.63) is 81.8 Å². The third-order valence-electron chi connectivity index (χ3n) is 4.96. The highest BCUT2D eigenvalue weighted by Gasteiger charge is 2.28. The second-order valence-electron chi connectivity index (χ2n) is 7.42. The fourth-order valence-electron chi connectivity index (χ4n) is 3.27. The highest BCUT2D eigenvalue weighted by molar-refractivity contribution is 7.92. The van der Waals surface area contributed by atoms with Crippen molar-refractivity contribution in [2.45, 2.75) is 18.4 Å². The Morgan fingerprint density at radius 2 is 1.64 bits per heavy atom. The molecule has 0 fully saturated rings. The Labute approximate surface area is 201 Å². The average Bonchev–Trinajstić information content (AvgIpc) is 3.23. The zero-order valence-corrected chi connectivity index (χ0v) is 19.9. The van der Waals surface area contributed by atoms with E-state index in [1.807, 2.05) is 6.92 Å². The minimum atomic E-state index is -4.07. The standard InChI is InChI=1S/C23H20Cl2N2O5S/c1-15-2-5-20(6-3-15)33(29,30)27(19-10-17(24)9-18(25)11-19)13-23(28)26-12-16-4-7-21-22(8-16)32-14-31-21/h2-11H,12-14H2,1H3,(H,26,28). The maximum Gasteiger partial charge on any atom is 0.264 e. The van der Waals surface area contributed by atoms with E-state index in [0.29, 0.717) is 11.5 Å². The van der Waals surface area contributed by atoms with E-state index in [2.05, 4.69) is 5.32 Å². The molecule has 1 heterocycles.